The number of aryl methyl sites for hydroxylation is 3. The van der Waals surface area contributed by atoms with Gasteiger partial charge in [0, 0.05) is 16.6 Å². The maximum absolute atomic E-state index is 9.10. The van der Waals surface area contributed by atoms with E-state index in [2.05, 4.69) is 37.9 Å². The van der Waals surface area contributed by atoms with Gasteiger partial charge in [0.2, 0.25) is 0 Å². The molecule has 0 unspecified atom stereocenters. The van der Waals surface area contributed by atoms with Gasteiger partial charge in [-0.3, -0.25) is 0 Å². The molecule has 2 rings (SSSR count). The monoisotopic (exact) mass is 292 g/mol. The van der Waals surface area contributed by atoms with Gasteiger partial charge < -0.3 is 20.9 Å². The Morgan fingerprint density at radius 3 is 2.19 bits per heavy atom. The second-order valence-electron chi connectivity index (χ2n) is 4.88. The van der Waals surface area contributed by atoms with Crippen LogP contribution in [0.25, 0.3) is 10.9 Å². The summed E-state index contributed by atoms with van der Waals surface area (Å²) in [6.45, 7) is 7.12. The van der Waals surface area contributed by atoms with Gasteiger partial charge in [-0.15, -0.1) is 0 Å². The summed E-state index contributed by atoms with van der Waals surface area (Å²) in [5.41, 5.74) is 12.2. The highest BCUT2D eigenvalue weighted by Gasteiger charge is 2.09. The number of nitrogens with two attached hydrogens (primary N) is 1. The van der Waals surface area contributed by atoms with Crippen LogP contribution in [-0.2, 0) is 16.0 Å². The number of carbonyl (C=O) groups is 2. The standard InChI is InChI=1S/C13H18N2.C2H2O4/c1-8-6-9(2)13-12(7-8)11(4-5-14)10(3)15-13;3-1(4)2(5)6/h6-7,15H,4-5,14H2,1-3H3;(H,3,4)(H,5,6). The molecule has 6 heteroatoms. The van der Waals surface area contributed by atoms with Gasteiger partial charge in [-0.25, -0.2) is 9.59 Å². The second kappa shape index (κ2) is 6.90. The molecular formula is C15H20N2O4. The molecule has 0 aliphatic carbocycles. The van der Waals surface area contributed by atoms with E-state index in [0.29, 0.717) is 6.54 Å². The molecule has 0 radical (unpaired) electrons. The average molecular weight is 292 g/mol. The van der Waals surface area contributed by atoms with E-state index < -0.39 is 11.9 Å². The zero-order chi connectivity index (χ0) is 16.2. The van der Waals surface area contributed by atoms with Crippen molar-refractivity contribution in [2.45, 2.75) is 27.2 Å². The normalized spacial score (nSPS) is 10.1. The predicted octanol–water partition coefficient (Wildman–Crippen LogP) is 1.75. The Balaban J connectivity index is 0.000000315. The molecular weight excluding hydrogens is 272 g/mol. The Labute approximate surface area is 122 Å². The molecule has 0 aliphatic rings. The van der Waals surface area contributed by atoms with Gasteiger partial charge in [0.1, 0.15) is 0 Å². The first-order valence-corrected chi connectivity index (χ1v) is 6.52. The maximum Gasteiger partial charge on any atom is 0.414 e. The van der Waals surface area contributed by atoms with E-state index in [1.54, 1.807) is 0 Å². The first-order chi connectivity index (χ1) is 9.77. The van der Waals surface area contributed by atoms with Crippen molar-refractivity contribution in [3.63, 3.8) is 0 Å². The molecule has 2 aromatic rings. The van der Waals surface area contributed by atoms with Gasteiger partial charge in [0.15, 0.2) is 0 Å². The zero-order valence-corrected chi connectivity index (χ0v) is 12.4. The van der Waals surface area contributed by atoms with Crippen molar-refractivity contribution in [1.29, 1.82) is 0 Å². The van der Waals surface area contributed by atoms with Gasteiger partial charge in [0.05, 0.1) is 0 Å². The van der Waals surface area contributed by atoms with E-state index in [1.807, 2.05) is 0 Å². The minimum absolute atomic E-state index is 0.709. The fourth-order valence-electron chi connectivity index (χ4n) is 2.30. The summed E-state index contributed by atoms with van der Waals surface area (Å²) in [7, 11) is 0. The van der Waals surface area contributed by atoms with Crippen molar-refractivity contribution in [2.75, 3.05) is 6.54 Å². The number of aromatic nitrogens is 1. The Bertz CT molecular complexity index is 662. The lowest BCUT2D eigenvalue weighted by molar-refractivity contribution is -0.159. The smallest absolute Gasteiger partial charge is 0.414 e. The molecule has 0 fully saturated rings. The largest absolute Gasteiger partial charge is 0.473 e. The SMILES string of the molecule is Cc1cc(C)c2[nH]c(C)c(CCN)c2c1.O=C(O)C(=O)O. The molecule has 0 saturated heterocycles. The number of H-pyrrole nitrogens is 1. The van der Waals surface area contributed by atoms with Crippen LogP contribution in [-0.4, -0.2) is 33.7 Å². The number of carboxylic acid groups (broad SMARTS) is 2. The van der Waals surface area contributed by atoms with Crippen LogP contribution < -0.4 is 5.73 Å². The Hall–Kier alpha value is -2.34. The number of hydrogen-bond acceptors (Lipinski definition) is 3. The van der Waals surface area contributed by atoms with E-state index in [0.717, 1.165) is 6.42 Å². The van der Waals surface area contributed by atoms with Gasteiger partial charge in [0.25, 0.3) is 0 Å². The van der Waals surface area contributed by atoms with Crippen LogP contribution in [0.15, 0.2) is 12.1 Å². The number of aliphatic carboxylic acids is 2. The molecule has 1 aromatic heterocycles. The maximum atomic E-state index is 9.10. The van der Waals surface area contributed by atoms with Crippen molar-refractivity contribution in [1.82, 2.24) is 4.98 Å². The van der Waals surface area contributed by atoms with E-state index in [-0.39, 0.29) is 0 Å². The number of fused-ring (bicyclic) bond motifs is 1. The molecule has 1 aromatic carbocycles. The van der Waals surface area contributed by atoms with Crippen molar-refractivity contribution >= 4 is 22.8 Å². The number of aromatic amines is 1. The number of carboxylic acids is 2. The number of rotatable bonds is 2. The molecule has 5 N–H and O–H groups in total. The van der Waals surface area contributed by atoms with Gasteiger partial charge in [-0.05, 0) is 50.9 Å². The summed E-state index contributed by atoms with van der Waals surface area (Å²) in [6.07, 6.45) is 0.953. The molecule has 1 heterocycles. The van der Waals surface area contributed by atoms with Crippen LogP contribution in [0.3, 0.4) is 0 Å². The minimum Gasteiger partial charge on any atom is -0.473 e. The van der Waals surface area contributed by atoms with Crippen molar-refractivity contribution < 1.29 is 19.8 Å². The zero-order valence-electron chi connectivity index (χ0n) is 12.4. The Morgan fingerprint density at radius 1 is 1.14 bits per heavy atom. The van der Waals surface area contributed by atoms with Crippen LogP contribution in [0.5, 0.6) is 0 Å². The lowest BCUT2D eigenvalue weighted by Gasteiger charge is -2.01. The highest BCUT2D eigenvalue weighted by atomic mass is 16.4. The quantitative estimate of drug-likeness (QED) is 0.629. The van der Waals surface area contributed by atoms with Gasteiger partial charge in [-0.1, -0.05) is 11.6 Å². The molecule has 114 valence electrons. The summed E-state index contributed by atoms with van der Waals surface area (Å²) >= 11 is 0. The number of hydrogen-bond donors (Lipinski definition) is 4. The van der Waals surface area contributed by atoms with Crippen molar-refractivity contribution in [2.24, 2.45) is 5.73 Å². The highest BCUT2D eigenvalue weighted by Crippen LogP contribution is 2.26. The van der Waals surface area contributed by atoms with Gasteiger partial charge in [-0.2, -0.15) is 0 Å². The van der Waals surface area contributed by atoms with Crippen LogP contribution in [0.1, 0.15) is 22.4 Å². The lowest BCUT2D eigenvalue weighted by atomic mass is 10.0. The third kappa shape index (κ3) is 4.06. The molecule has 0 spiro atoms. The molecule has 0 atom stereocenters. The van der Waals surface area contributed by atoms with E-state index in [4.69, 9.17) is 25.5 Å². The molecule has 21 heavy (non-hydrogen) atoms. The summed E-state index contributed by atoms with van der Waals surface area (Å²) in [5.74, 6) is -3.65. The van der Waals surface area contributed by atoms with Crippen LogP contribution in [0.4, 0.5) is 0 Å². The fraction of sp³-hybridized carbons (Fsp3) is 0.333. The Kier molecular flexibility index (Phi) is 5.49. The molecule has 0 aliphatic heterocycles. The average Bonchev–Trinajstić information content (AvgIpc) is 2.68. The first-order valence-electron chi connectivity index (χ1n) is 6.52. The third-order valence-corrected chi connectivity index (χ3v) is 3.15. The first kappa shape index (κ1) is 16.7. The Morgan fingerprint density at radius 2 is 1.71 bits per heavy atom. The van der Waals surface area contributed by atoms with Gasteiger partial charge >= 0.3 is 11.9 Å². The number of nitrogens with one attached hydrogen (secondary N) is 1. The number of benzene rings is 1. The van der Waals surface area contributed by atoms with Crippen LogP contribution in [0.2, 0.25) is 0 Å². The van der Waals surface area contributed by atoms with Crippen molar-refractivity contribution in [3.8, 4) is 0 Å². The van der Waals surface area contributed by atoms with E-state index in [1.165, 1.54) is 33.3 Å². The summed E-state index contributed by atoms with van der Waals surface area (Å²) in [5, 5.41) is 16.1. The predicted molar refractivity (Wildman–Crippen MR) is 80.5 cm³/mol. The lowest BCUT2D eigenvalue weighted by Crippen LogP contribution is -2.09. The molecule has 0 amide bonds. The summed E-state index contributed by atoms with van der Waals surface area (Å²) < 4.78 is 0. The van der Waals surface area contributed by atoms with E-state index >= 15 is 0 Å². The van der Waals surface area contributed by atoms with Crippen LogP contribution >= 0.6 is 0 Å². The minimum atomic E-state index is -1.82. The molecule has 0 saturated carbocycles. The third-order valence-electron chi connectivity index (χ3n) is 3.15. The van der Waals surface area contributed by atoms with E-state index in [9.17, 15) is 0 Å². The molecule has 0 bridgehead atoms. The summed E-state index contributed by atoms with van der Waals surface area (Å²) in [6, 6.07) is 4.46. The fourth-order valence-corrected chi connectivity index (χ4v) is 2.30. The second-order valence-corrected chi connectivity index (χ2v) is 4.88. The topological polar surface area (TPSA) is 116 Å². The van der Waals surface area contributed by atoms with Crippen molar-refractivity contribution in [3.05, 3.63) is 34.5 Å². The summed E-state index contributed by atoms with van der Waals surface area (Å²) in [4.78, 5) is 21.7. The van der Waals surface area contributed by atoms with Crippen LogP contribution in [0, 0.1) is 20.8 Å². The highest BCUT2D eigenvalue weighted by molar-refractivity contribution is 6.27. The molecule has 6 nitrogen and oxygen atoms in total.